The van der Waals surface area contributed by atoms with Gasteiger partial charge in [0, 0.05) is 5.56 Å². The van der Waals surface area contributed by atoms with Gasteiger partial charge in [0.2, 0.25) is 15.8 Å². The number of hydrogen-bond donors (Lipinski definition) is 2. The SMILES string of the molecule is Cc1cnoc1C(=O)Nc1cc(S(N)(=O)=O)ccc1F. The fourth-order valence-corrected chi connectivity index (χ4v) is 2.01. The predicted molar refractivity (Wildman–Crippen MR) is 67.0 cm³/mol. The first-order valence-corrected chi connectivity index (χ1v) is 6.88. The van der Waals surface area contributed by atoms with E-state index in [0.29, 0.717) is 5.56 Å². The van der Waals surface area contributed by atoms with E-state index in [0.717, 1.165) is 18.2 Å². The van der Waals surface area contributed by atoms with E-state index in [9.17, 15) is 17.6 Å². The van der Waals surface area contributed by atoms with Crippen molar-refractivity contribution in [3.63, 3.8) is 0 Å². The Balaban J connectivity index is 2.34. The molecule has 9 heteroatoms. The number of anilines is 1. The molecular weight excluding hydrogens is 289 g/mol. The minimum atomic E-state index is -3.99. The zero-order chi connectivity index (χ0) is 14.9. The lowest BCUT2D eigenvalue weighted by atomic mass is 10.2. The summed E-state index contributed by atoms with van der Waals surface area (Å²) in [6, 6.07) is 2.82. The molecule has 0 radical (unpaired) electrons. The number of aryl methyl sites for hydroxylation is 1. The lowest BCUT2D eigenvalue weighted by Crippen LogP contribution is -2.16. The molecule has 1 amide bonds. The van der Waals surface area contributed by atoms with Crippen LogP contribution in [-0.4, -0.2) is 19.5 Å². The van der Waals surface area contributed by atoms with E-state index in [4.69, 9.17) is 9.66 Å². The van der Waals surface area contributed by atoms with Gasteiger partial charge >= 0.3 is 0 Å². The number of benzene rings is 1. The average Bonchev–Trinajstić information content (AvgIpc) is 2.77. The van der Waals surface area contributed by atoms with E-state index >= 15 is 0 Å². The summed E-state index contributed by atoms with van der Waals surface area (Å²) in [5, 5.41) is 10.6. The zero-order valence-electron chi connectivity index (χ0n) is 10.3. The number of nitrogens with one attached hydrogen (secondary N) is 1. The number of carbonyl (C=O) groups excluding carboxylic acids is 1. The van der Waals surface area contributed by atoms with Gasteiger partial charge in [-0.2, -0.15) is 0 Å². The number of halogens is 1. The fraction of sp³-hybridized carbons (Fsp3) is 0.0909. The second-order valence-electron chi connectivity index (χ2n) is 3.98. The van der Waals surface area contributed by atoms with Crippen molar-refractivity contribution >= 4 is 21.6 Å². The van der Waals surface area contributed by atoms with Crippen LogP contribution in [0.5, 0.6) is 0 Å². The van der Waals surface area contributed by atoms with Crippen molar-refractivity contribution in [3.8, 4) is 0 Å². The molecule has 0 fully saturated rings. The number of aromatic nitrogens is 1. The summed E-state index contributed by atoms with van der Waals surface area (Å²) in [5.74, 6) is -1.64. The van der Waals surface area contributed by atoms with Gasteiger partial charge < -0.3 is 9.84 Å². The smallest absolute Gasteiger partial charge is 0.294 e. The van der Waals surface area contributed by atoms with E-state index in [1.807, 2.05) is 0 Å². The van der Waals surface area contributed by atoms with Gasteiger partial charge in [-0.1, -0.05) is 5.16 Å². The fourth-order valence-electron chi connectivity index (χ4n) is 1.47. The number of primary sulfonamides is 1. The lowest BCUT2D eigenvalue weighted by Gasteiger charge is -2.06. The number of amides is 1. The van der Waals surface area contributed by atoms with Gasteiger partial charge in [0.05, 0.1) is 16.8 Å². The topological polar surface area (TPSA) is 115 Å². The van der Waals surface area contributed by atoms with E-state index in [1.165, 1.54) is 6.20 Å². The summed E-state index contributed by atoms with van der Waals surface area (Å²) in [4.78, 5) is 11.5. The van der Waals surface area contributed by atoms with Gasteiger partial charge in [-0.05, 0) is 25.1 Å². The van der Waals surface area contributed by atoms with Crippen LogP contribution in [-0.2, 0) is 10.0 Å². The van der Waals surface area contributed by atoms with Crippen molar-refractivity contribution in [2.24, 2.45) is 5.14 Å². The predicted octanol–water partition coefficient (Wildman–Crippen LogP) is 1.02. The number of sulfonamides is 1. The minimum Gasteiger partial charge on any atom is -0.351 e. The highest BCUT2D eigenvalue weighted by atomic mass is 32.2. The minimum absolute atomic E-state index is 0.0922. The highest BCUT2D eigenvalue weighted by Gasteiger charge is 2.18. The Hall–Kier alpha value is -2.26. The van der Waals surface area contributed by atoms with Crippen LogP contribution in [0.4, 0.5) is 10.1 Å². The van der Waals surface area contributed by atoms with Crippen molar-refractivity contribution in [2.75, 3.05) is 5.32 Å². The summed E-state index contributed by atoms with van der Waals surface area (Å²) in [6.07, 6.45) is 1.33. The maximum absolute atomic E-state index is 13.6. The number of carbonyl (C=O) groups is 1. The van der Waals surface area contributed by atoms with Crippen molar-refractivity contribution in [2.45, 2.75) is 11.8 Å². The van der Waals surface area contributed by atoms with Crippen LogP contribution in [0.3, 0.4) is 0 Å². The molecular formula is C11H10FN3O4S. The largest absolute Gasteiger partial charge is 0.351 e. The number of nitrogens with two attached hydrogens (primary N) is 1. The third-order valence-corrected chi connectivity index (χ3v) is 3.38. The lowest BCUT2D eigenvalue weighted by molar-refractivity contribution is 0.0986. The summed E-state index contributed by atoms with van der Waals surface area (Å²) < 4.78 is 40.6. The average molecular weight is 299 g/mol. The highest BCUT2D eigenvalue weighted by molar-refractivity contribution is 7.89. The molecule has 0 atom stereocenters. The Morgan fingerprint density at radius 2 is 2.15 bits per heavy atom. The molecule has 0 spiro atoms. The van der Waals surface area contributed by atoms with Gasteiger partial charge in [-0.25, -0.2) is 17.9 Å². The van der Waals surface area contributed by atoms with Crippen LogP contribution in [0.2, 0.25) is 0 Å². The standard InChI is InChI=1S/C11H10FN3O4S/c1-6-5-14-19-10(6)11(16)15-9-4-7(20(13,17)18)2-3-8(9)12/h2-5H,1H3,(H,15,16)(H2,13,17,18). The molecule has 1 aromatic carbocycles. The van der Waals surface area contributed by atoms with Crippen molar-refractivity contribution in [1.29, 1.82) is 0 Å². The van der Waals surface area contributed by atoms with Gasteiger partial charge in [0.15, 0.2) is 0 Å². The van der Waals surface area contributed by atoms with Crippen molar-refractivity contribution in [1.82, 2.24) is 5.16 Å². The Bertz CT molecular complexity index is 770. The van der Waals surface area contributed by atoms with Crippen LogP contribution in [0.15, 0.2) is 33.8 Å². The molecule has 0 aliphatic heterocycles. The zero-order valence-corrected chi connectivity index (χ0v) is 11.1. The van der Waals surface area contributed by atoms with Gasteiger partial charge in [0.1, 0.15) is 5.82 Å². The third kappa shape index (κ3) is 2.83. The molecule has 20 heavy (non-hydrogen) atoms. The Morgan fingerprint density at radius 3 is 2.70 bits per heavy atom. The molecule has 0 saturated heterocycles. The molecule has 0 saturated carbocycles. The van der Waals surface area contributed by atoms with Gasteiger partial charge in [0.25, 0.3) is 5.91 Å². The molecule has 1 heterocycles. The molecule has 0 unspecified atom stereocenters. The van der Waals surface area contributed by atoms with Crippen molar-refractivity contribution in [3.05, 3.63) is 41.5 Å². The van der Waals surface area contributed by atoms with Crippen LogP contribution in [0, 0.1) is 12.7 Å². The maximum atomic E-state index is 13.6. The third-order valence-electron chi connectivity index (χ3n) is 2.47. The molecule has 106 valence electrons. The first-order chi connectivity index (χ1) is 9.29. The van der Waals surface area contributed by atoms with E-state index in [1.54, 1.807) is 6.92 Å². The molecule has 0 aliphatic carbocycles. The Kier molecular flexibility index (Phi) is 3.55. The monoisotopic (exact) mass is 299 g/mol. The maximum Gasteiger partial charge on any atom is 0.294 e. The molecule has 3 N–H and O–H groups in total. The van der Waals surface area contributed by atoms with Crippen molar-refractivity contribution < 1.29 is 22.1 Å². The first kappa shape index (κ1) is 14.2. The van der Waals surface area contributed by atoms with E-state index in [2.05, 4.69) is 10.5 Å². The number of nitrogens with zero attached hydrogens (tertiary/aromatic N) is 1. The first-order valence-electron chi connectivity index (χ1n) is 5.34. The van der Waals surface area contributed by atoms with Crippen LogP contribution >= 0.6 is 0 Å². The van der Waals surface area contributed by atoms with E-state index in [-0.39, 0.29) is 16.3 Å². The van der Waals surface area contributed by atoms with Crippen LogP contribution in [0.25, 0.3) is 0 Å². The molecule has 2 aromatic rings. The second-order valence-corrected chi connectivity index (χ2v) is 5.54. The molecule has 0 aliphatic rings. The van der Waals surface area contributed by atoms with Crippen LogP contribution in [0.1, 0.15) is 16.1 Å². The summed E-state index contributed by atoms with van der Waals surface area (Å²) >= 11 is 0. The van der Waals surface area contributed by atoms with Gasteiger partial charge in [-0.15, -0.1) is 0 Å². The molecule has 2 rings (SSSR count). The summed E-state index contributed by atoms with van der Waals surface area (Å²) in [5.41, 5.74) is 0.142. The highest BCUT2D eigenvalue weighted by Crippen LogP contribution is 2.20. The molecule has 1 aromatic heterocycles. The summed E-state index contributed by atoms with van der Waals surface area (Å²) in [6.45, 7) is 1.59. The van der Waals surface area contributed by atoms with Crippen LogP contribution < -0.4 is 10.5 Å². The molecule has 0 bridgehead atoms. The number of rotatable bonds is 3. The quantitative estimate of drug-likeness (QED) is 0.878. The second kappa shape index (κ2) is 5.02. The Morgan fingerprint density at radius 1 is 1.45 bits per heavy atom. The summed E-state index contributed by atoms with van der Waals surface area (Å²) in [7, 11) is -3.99. The Labute approximate surface area is 113 Å². The normalized spacial score (nSPS) is 11.3. The number of hydrogen-bond acceptors (Lipinski definition) is 5. The van der Waals surface area contributed by atoms with Gasteiger partial charge in [-0.3, -0.25) is 4.79 Å². The van der Waals surface area contributed by atoms with E-state index < -0.39 is 21.7 Å². The molecule has 7 nitrogen and oxygen atoms in total.